The topological polar surface area (TPSA) is 91.3 Å². The van der Waals surface area contributed by atoms with Crippen molar-refractivity contribution in [2.45, 2.75) is 36.6 Å². The van der Waals surface area contributed by atoms with Gasteiger partial charge in [-0.05, 0) is 83.8 Å². The summed E-state index contributed by atoms with van der Waals surface area (Å²) in [4.78, 5) is 38.4. The molecule has 7 nitrogen and oxygen atoms in total. The molecule has 1 aliphatic heterocycles. The number of aromatic nitrogens is 3. The highest BCUT2D eigenvalue weighted by Crippen LogP contribution is 2.45. The van der Waals surface area contributed by atoms with E-state index in [0.717, 1.165) is 59.5 Å². The molecule has 48 heavy (non-hydrogen) atoms. The number of H-pyrrole nitrogens is 1. The Morgan fingerprint density at radius 3 is 2.60 bits per heavy atom. The van der Waals surface area contributed by atoms with Gasteiger partial charge in [0.2, 0.25) is 0 Å². The van der Waals surface area contributed by atoms with Crippen molar-refractivity contribution in [1.82, 2.24) is 20.0 Å². The van der Waals surface area contributed by atoms with Gasteiger partial charge in [0.1, 0.15) is 0 Å². The van der Waals surface area contributed by atoms with Gasteiger partial charge >= 0.3 is 6.18 Å². The van der Waals surface area contributed by atoms with Crippen LogP contribution in [0.2, 0.25) is 10.0 Å². The molecule has 5 aromatic rings. The summed E-state index contributed by atoms with van der Waals surface area (Å²) in [6.45, 7) is 0. The lowest BCUT2D eigenvalue weighted by molar-refractivity contribution is -0.136. The average molecular weight is 727 g/mol. The predicted octanol–water partition coefficient (Wildman–Crippen LogP) is 9.29. The van der Waals surface area contributed by atoms with Crippen molar-refractivity contribution in [1.29, 1.82) is 0 Å². The number of hydrogen-bond acceptors (Lipinski definition) is 7. The number of alkyl halides is 3. The zero-order chi connectivity index (χ0) is 33.6. The highest BCUT2D eigenvalue weighted by Gasteiger charge is 2.43. The molecule has 1 fully saturated rings. The van der Waals surface area contributed by atoms with Crippen molar-refractivity contribution in [3.05, 3.63) is 115 Å². The highest BCUT2D eigenvalue weighted by atomic mass is 35.5. The second-order valence-corrected chi connectivity index (χ2v) is 14.1. The first-order chi connectivity index (χ1) is 23.0. The molecule has 0 saturated heterocycles. The molecular formula is C34H24Cl2F3N5O2S2. The number of hydrazone groups is 1. The van der Waals surface area contributed by atoms with E-state index in [0.29, 0.717) is 14.9 Å². The van der Waals surface area contributed by atoms with E-state index < -0.39 is 28.7 Å². The quantitative estimate of drug-likeness (QED) is 0.139. The highest BCUT2D eigenvalue weighted by molar-refractivity contribution is 7.99. The number of rotatable bonds is 6. The number of nitrogens with one attached hydrogen (secondary N) is 1. The zero-order valence-corrected chi connectivity index (χ0v) is 27.9. The van der Waals surface area contributed by atoms with Crippen LogP contribution >= 0.6 is 46.3 Å². The number of aromatic amines is 1. The number of thioether (sulfide) groups is 1. The van der Waals surface area contributed by atoms with Crippen molar-refractivity contribution in [3.8, 4) is 10.6 Å². The fraction of sp³-hybridized carbons (Fsp3) is 0.206. The standard InChI is InChI=1S/C34H24Cl2F3N5O2S2/c35-21-11-9-19(10-12-21)30-23-7-2-5-20(14-18-4-1-6-22(36)15-18)29(23)43-44(30)27(45)17-48-33-41-31-28(32(46)42-33)24(34(37,38)39)16-25(40-31)26-8-3-13-47-26/h1,3-4,6,8-16,23,30H,2,5,7,17H2,(H,40,41,42,46)/b20-14-/t23-,30+/m1/s1. The van der Waals surface area contributed by atoms with Crippen LogP contribution in [0.4, 0.5) is 13.2 Å². The van der Waals surface area contributed by atoms with Gasteiger partial charge in [0.25, 0.3) is 11.5 Å². The number of hydrogen-bond donors (Lipinski definition) is 1. The summed E-state index contributed by atoms with van der Waals surface area (Å²) in [5.74, 6) is -0.617. The number of benzene rings is 2. The number of pyridine rings is 1. The van der Waals surface area contributed by atoms with Crippen LogP contribution in [0.15, 0.2) is 92.7 Å². The van der Waals surface area contributed by atoms with Gasteiger partial charge in [0.15, 0.2) is 10.8 Å². The van der Waals surface area contributed by atoms with Gasteiger partial charge in [-0.1, -0.05) is 65.3 Å². The monoisotopic (exact) mass is 725 g/mol. The van der Waals surface area contributed by atoms with E-state index in [4.69, 9.17) is 28.3 Å². The van der Waals surface area contributed by atoms with Crippen LogP contribution < -0.4 is 5.56 Å². The van der Waals surface area contributed by atoms with E-state index >= 15 is 0 Å². The fourth-order valence-electron chi connectivity index (χ4n) is 6.16. The summed E-state index contributed by atoms with van der Waals surface area (Å²) >= 11 is 14.5. The van der Waals surface area contributed by atoms with Crippen molar-refractivity contribution >= 4 is 75.0 Å². The molecule has 4 heterocycles. The molecule has 2 atom stereocenters. The molecule has 1 amide bonds. The fourth-order valence-corrected chi connectivity index (χ4v) is 7.88. The number of nitrogens with zero attached hydrogens (tertiary/aromatic N) is 4. The Hall–Kier alpha value is -3.97. The molecule has 0 unspecified atom stereocenters. The van der Waals surface area contributed by atoms with E-state index in [2.05, 4.69) is 21.0 Å². The van der Waals surface area contributed by atoms with E-state index in [9.17, 15) is 22.8 Å². The summed E-state index contributed by atoms with van der Waals surface area (Å²) in [5, 5.41) is 8.56. The lowest BCUT2D eigenvalue weighted by Gasteiger charge is -2.29. The summed E-state index contributed by atoms with van der Waals surface area (Å²) in [6, 6.07) is 18.6. The average Bonchev–Trinajstić information content (AvgIpc) is 3.73. The third-order valence-electron chi connectivity index (χ3n) is 8.22. The molecule has 0 radical (unpaired) electrons. The second-order valence-electron chi connectivity index (χ2n) is 11.3. The lowest BCUT2D eigenvalue weighted by Crippen LogP contribution is -2.33. The van der Waals surface area contributed by atoms with E-state index in [-0.39, 0.29) is 34.1 Å². The number of allylic oxidation sites excluding steroid dienone is 1. The van der Waals surface area contributed by atoms with Gasteiger partial charge in [-0.25, -0.2) is 15.0 Å². The van der Waals surface area contributed by atoms with Crippen LogP contribution in [0.3, 0.4) is 0 Å². The first kappa shape index (κ1) is 32.6. The molecular weight excluding hydrogens is 702 g/mol. The number of halogens is 5. The van der Waals surface area contributed by atoms with Gasteiger partial charge in [-0.2, -0.15) is 18.3 Å². The molecule has 2 aromatic carbocycles. The van der Waals surface area contributed by atoms with Crippen LogP contribution in [-0.2, 0) is 11.0 Å². The van der Waals surface area contributed by atoms with Gasteiger partial charge in [0.05, 0.1) is 39.0 Å². The van der Waals surface area contributed by atoms with E-state index in [1.807, 2.05) is 30.3 Å². The Morgan fingerprint density at radius 2 is 1.88 bits per heavy atom. The molecule has 14 heteroatoms. The maximum atomic E-state index is 14.0. The Labute approximate surface area is 290 Å². The number of carbonyl (C=O) groups is 1. The minimum Gasteiger partial charge on any atom is -0.301 e. The number of amides is 1. The molecule has 3 aromatic heterocycles. The third kappa shape index (κ3) is 6.54. The summed E-state index contributed by atoms with van der Waals surface area (Å²) in [5.41, 5.74) is 1.22. The van der Waals surface area contributed by atoms with Crippen LogP contribution in [0.1, 0.15) is 42.0 Å². The number of fused-ring (bicyclic) bond motifs is 2. The van der Waals surface area contributed by atoms with Gasteiger partial charge in [-0.15, -0.1) is 11.3 Å². The Balaban J connectivity index is 1.22. The van der Waals surface area contributed by atoms with E-state index in [1.54, 1.807) is 35.7 Å². The Morgan fingerprint density at radius 1 is 1.06 bits per heavy atom. The minimum atomic E-state index is -4.81. The normalized spacial score (nSPS) is 18.7. The van der Waals surface area contributed by atoms with Gasteiger partial charge in [0, 0.05) is 16.0 Å². The molecule has 7 rings (SSSR count). The Kier molecular flexibility index (Phi) is 8.92. The van der Waals surface area contributed by atoms with Crippen LogP contribution in [-0.4, -0.2) is 37.3 Å². The maximum Gasteiger partial charge on any atom is 0.417 e. The summed E-state index contributed by atoms with van der Waals surface area (Å²) in [7, 11) is 0. The maximum absolute atomic E-state index is 14.0. The van der Waals surface area contributed by atoms with Crippen molar-refractivity contribution in [2.75, 3.05) is 5.75 Å². The second kappa shape index (κ2) is 13.1. The largest absolute Gasteiger partial charge is 0.417 e. The van der Waals surface area contributed by atoms with Crippen molar-refractivity contribution < 1.29 is 18.0 Å². The third-order valence-corrected chi connectivity index (χ3v) is 10.5. The Bertz CT molecular complexity index is 2150. The van der Waals surface area contributed by atoms with Crippen LogP contribution in [0.5, 0.6) is 0 Å². The van der Waals surface area contributed by atoms with E-state index in [1.165, 1.54) is 16.3 Å². The first-order valence-electron chi connectivity index (χ1n) is 14.9. The van der Waals surface area contributed by atoms with Gasteiger partial charge in [-0.3, -0.25) is 9.59 Å². The van der Waals surface area contributed by atoms with Crippen LogP contribution in [0, 0.1) is 5.92 Å². The molecule has 1 aliphatic carbocycles. The molecule has 2 aliphatic rings. The molecule has 244 valence electrons. The minimum absolute atomic E-state index is 0.0290. The number of thiophene rings is 1. The molecule has 0 bridgehead atoms. The molecule has 0 spiro atoms. The van der Waals surface area contributed by atoms with Crippen molar-refractivity contribution in [3.63, 3.8) is 0 Å². The first-order valence-corrected chi connectivity index (χ1v) is 17.5. The lowest BCUT2D eigenvalue weighted by atomic mass is 9.77. The smallest absolute Gasteiger partial charge is 0.301 e. The number of carbonyl (C=O) groups excluding carboxylic acids is 1. The van der Waals surface area contributed by atoms with Crippen molar-refractivity contribution in [2.24, 2.45) is 11.0 Å². The summed E-state index contributed by atoms with van der Waals surface area (Å²) in [6.07, 6.45) is -0.257. The summed E-state index contributed by atoms with van der Waals surface area (Å²) < 4.78 is 42.1. The SMILES string of the molecule is O=C(CSc1nc2nc(-c3cccs3)cc(C(F)(F)F)c2c(=O)[nH]1)N1N=C2/C(=C\c3cccc(Cl)c3)CCC[C@H]2[C@@H]1c1ccc(Cl)cc1. The van der Waals surface area contributed by atoms with Gasteiger partial charge < -0.3 is 4.98 Å². The molecule has 1 saturated carbocycles. The predicted molar refractivity (Wildman–Crippen MR) is 184 cm³/mol. The van der Waals surface area contributed by atoms with Crippen LogP contribution in [0.25, 0.3) is 27.7 Å². The zero-order valence-electron chi connectivity index (χ0n) is 24.8. The molecule has 1 N–H and O–H groups in total.